The molecule has 0 saturated carbocycles. The molecule has 0 saturated heterocycles. The van der Waals surface area contributed by atoms with Crippen molar-refractivity contribution in [3.8, 4) is 0 Å². The zero-order valence-electron chi connectivity index (χ0n) is 7.82. The minimum Gasteiger partial charge on any atom is -0.381 e. The van der Waals surface area contributed by atoms with E-state index >= 15 is 0 Å². The van der Waals surface area contributed by atoms with Crippen molar-refractivity contribution in [2.24, 2.45) is 0 Å². The van der Waals surface area contributed by atoms with Gasteiger partial charge in [0, 0.05) is 23.2 Å². The van der Waals surface area contributed by atoms with Crippen LogP contribution in [0.5, 0.6) is 0 Å². The number of hydrogen-bond acceptors (Lipinski definition) is 2. The van der Waals surface area contributed by atoms with Crippen LogP contribution in [0, 0.1) is 0 Å². The van der Waals surface area contributed by atoms with Crippen molar-refractivity contribution in [2.45, 2.75) is 17.7 Å². The number of hydrogen-bond donors (Lipinski definition) is 0. The average molecular weight is 194 g/mol. The van der Waals surface area contributed by atoms with E-state index in [1.807, 2.05) is 18.7 Å². The first-order valence-corrected chi connectivity index (χ1v) is 5.70. The Balaban J connectivity index is 2.09. The van der Waals surface area contributed by atoms with E-state index in [-0.39, 0.29) is 0 Å². The van der Waals surface area contributed by atoms with Crippen molar-refractivity contribution in [3.63, 3.8) is 0 Å². The molecular formula is C11H14OS. The first-order valence-electron chi connectivity index (χ1n) is 4.71. The third kappa shape index (κ3) is 1.89. The second-order valence-electron chi connectivity index (χ2n) is 3.21. The first-order chi connectivity index (χ1) is 6.42. The third-order valence-corrected chi connectivity index (χ3v) is 3.57. The first kappa shape index (κ1) is 9.10. The summed E-state index contributed by atoms with van der Waals surface area (Å²) in [5.41, 5.74) is 1.47. The summed E-state index contributed by atoms with van der Waals surface area (Å²) in [4.78, 5) is 1.44. The minimum atomic E-state index is 0.612. The van der Waals surface area contributed by atoms with E-state index in [1.165, 1.54) is 16.2 Å². The highest BCUT2D eigenvalue weighted by atomic mass is 32.2. The lowest BCUT2D eigenvalue weighted by Gasteiger charge is -2.09. The van der Waals surface area contributed by atoms with E-state index in [0.29, 0.717) is 5.92 Å². The molecule has 0 N–H and O–H groups in total. The molecule has 1 aromatic carbocycles. The number of benzene rings is 1. The zero-order chi connectivity index (χ0) is 9.10. The summed E-state index contributed by atoms with van der Waals surface area (Å²) < 4.78 is 5.46. The van der Waals surface area contributed by atoms with Gasteiger partial charge in [0.1, 0.15) is 0 Å². The summed E-state index contributed by atoms with van der Waals surface area (Å²) >= 11 is 1.95. The van der Waals surface area contributed by atoms with Gasteiger partial charge in [-0.25, -0.2) is 0 Å². The highest BCUT2D eigenvalue weighted by Crippen LogP contribution is 2.39. The van der Waals surface area contributed by atoms with Crippen molar-refractivity contribution < 1.29 is 4.74 Å². The summed E-state index contributed by atoms with van der Waals surface area (Å²) in [6.45, 7) is 3.75. The number of fused-ring (bicyclic) bond motifs is 1. The quantitative estimate of drug-likeness (QED) is 0.731. The van der Waals surface area contributed by atoms with Crippen LogP contribution >= 0.6 is 11.8 Å². The van der Waals surface area contributed by atoms with Gasteiger partial charge in [-0.3, -0.25) is 0 Å². The maximum Gasteiger partial charge on any atom is 0.0543 e. The van der Waals surface area contributed by atoms with E-state index in [0.717, 1.165) is 13.2 Å². The Hall–Kier alpha value is -0.470. The largest absolute Gasteiger partial charge is 0.381 e. The van der Waals surface area contributed by atoms with E-state index in [4.69, 9.17) is 4.74 Å². The lowest BCUT2D eigenvalue weighted by atomic mass is 10.0. The summed E-state index contributed by atoms with van der Waals surface area (Å²) in [5.74, 6) is 1.79. The highest BCUT2D eigenvalue weighted by Gasteiger charge is 2.22. The molecule has 0 fully saturated rings. The van der Waals surface area contributed by atoms with Gasteiger partial charge in [0.05, 0.1) is 6.61 Å². The molecule has 1 nitrogen and oxygen atoms in total. The van der Waals surface area contributed by atoms with E-state index in [1.54, 1.807) is 0 Å². The molecule has 1 aliphatic heterocycles. The molecule has 0 radical (unpaired) electrons. The Kier molecular flexibility index (Phi) is 2.91. The zero-order valence-corrected chi connectivity index (χ0v) is 8.64. The fourth-order valence-corrected chi connectivity index (χ4v) is 2.86. The second-order valence-corrected chi connectivity index (χ2v) is 4.27. The van der Waals surface area contributed by atoms with Crippen molar-refractivity contribution in [1.82, 2.24) is 0 Å². The third-order valence-electron chi connectivity index (χ3n) is 2.32. The van der Waals surface area contributed by atoms with Crippen LogP contribution in [0.15, 0.2) is 29.2 Å². The van der Waals surface area contributed by atoms with Crippen LogP contribution in [0.4, 0.5) is 0 Å². The maximum atomic E-state index is 5.46. The molecule has 0 aromatic heterocycles. The normalized spacial score (nSPS) is 20.2. The fourth-order valence-electron chi connectivity index (χ4n) is 1.63. The second kappa shape index (κ2) is 4.16. The summed E-state index contributed by atoms with van der Waals surface area (Å²) in [5, 5.41) is 0. The van der Waals surface area contributed by atoms with E-state index in [9.17, 15) is 0 Å². The minimum absolute atomic E-state index is 0.612. The van der Waals surface area contributed by atoms with Gasteiger partial charge in [0.2, 0.25) is 0 Å². The van der Waals surface area contributed by atoms with Crippen LogP contribution < -0.4 is 0 Å². The van der Waals surface area contributed by atoms with Crippen molar-refractivity contribution in [1.29, 1.82) is 0 Å². The van der Waals surface area contributed by atoms with Gasteiger partial charge in [-0.2, -0.15) is 0 Å². The Morgan fingerprint density at radius 2 is 2.31 bits per heavy atom. The molecule has 0 aliphatic carbocycles. The van der Waals surface area contributed by atoms with E-state index < -0.39 is 0 Å². The molecule has 0 spiro atoms. The molecule has 0 amide bonds. The molecule has 70 valence electrons. The lowest BCUT2D eigenvalue weighted by molar-refractivity contribution is 0.137. The molecule has 1 aliphatic rings. The number of thioether (sulfide) groups is 1. The van der Waals surface area contributed by atoms with Crippen LogP contribution in [-0.2, 0) is 4.74 Å². The van der Waals surface area contributed by atoms with Crippen LogP contribution in [-0.4, -0.2) is 19.0 Å². The maximum absolute atomic E-state index is 5.46. The summed E-state index contributed by atoms with van der Waals surface area (Å²) in [7, 11) is 0. The molecule has 1 atom stereocenters. The van der Waals surface area contributed by atoms with Gasteiger partial charge in [-0.05, 0) is 18.6 Å². The Labute approximate surface area is 83.5 Å². The van der Waals surface area contributed by atoms with Gasteiger partial charge in [-0.1, -0.05) is 18.2 Å². The Morgan fingerprint density at radius 3 is 3.15 bits per heavy atom. The van der Waals surface area contributed by atoms with Gasteiger partial charge in [-0.15, -0.1) is 11.8 Å². The molecule has 1 heterocycles. The van der Waals surface area contributed by atoms with Crippen molar-refractivity contribution in [2.75, 3.05) is 19.0 Å². The van der Waals surface area contributed by atoms with Crippen LogP contribution in [0.1, 0.15) is 18.4 Å². The summed E-state index contributed by atoms with van der Waals surface area (Å²) in [6, 6.07) is 8.64. The average Bonchev–Trinajstić information content (AvgIpc) is 2.58. The van der Waals surface area contributed by atoms with Crippen LogP contribution in [0.2, 0.25) is 0 Å². The van der Waals surface area contributed by atoms with Crippen LogP contribution in [0.3, 0.4) is 0 Å². The van der Waals surface area contributed by atoms with Gasteiger partial charge < -0.3 is 4.74 Å². The number of ether oxygens (including phenoxy) is 1. The highest BCUT2D eigenvalue weighted by molar-refractivity contribution is 7.99. The van der Waals surface area contributed by atoms with E-state index in [2.05, 4.69) is 24.3 Å². The topological polar surface area (TPSA) is 9.23 Å². The molecule has 2 rings (SSSR count). The summed E-state index contributed by atoms with van der Waals surface area (Å²) in [6.07, 6.45) is 0. The molecular weight excluding hydrogens is 180 g/mol. The predicted molar refractivity (Wildman–Crippen MR) is 56.4 cm³/mol. The molecule has 13 heavy (non-hydrogen) atoms. The smallest absolute Gasteiger partial charge is 0.0543 e. The van der Waals surface area contributed by atoms with Crippen molar-refractivity contribution in [3.05, 3.63) is 29.8 Å². The van der Waals surface area contributed by atoms with Gasteiger partial charge in [0.25, 0.3) is 0 Å². The molecule has 1 unspecified atom stereocenters. The Bertz CT molecular complexity index is 285. The van der Waals surface area contributed by atoms with Gasteiger partial charge in [0.15, 0.2) is 0 Å². The molecule has 2 heteroatoms. The van der Waals surface area contributed by atoms with Crippen molar-refractivity contribution >= 4 is 11.8 Å². The SMILES string of the molecule is CCOCC1CSc2ccccc21. The molecule has 0 bridgehead atoms. The number of rotatable bonds is 3. The molecule has 1 aromatic rings. The van der Waals surface area contributed by atoms with Gasteiger partial charge >= 0.3 is 0 Å². The Morgan fingerprint density at radius 1 is 1.46 bits per heavy atom. The monoisotopic (exact) mass is 194 g/mol. The van der Waals surface area contributed by atoms with Crippen LogP contribution in [0.25, 0.3) is 0 Å². The fraction of sp³-hybridized carbons (Fsp3) is 0.455. The standard InChI is InChI=1S/C11H14OS/c1-2-12-7-9-8-13-11-6-4-3-5-10(9)11/h3-6,9H,2,7-8H2,1H3. The predicted octanol–water partition coefficient (Wildman–Crippen LogP) is 2.91. The lowest BCUT2D eigenvalue weighted by Crippen LogP contribution is -2.06.